The van der Waals surface area contributed by atoms with E-state index < -0.39 is 17.5 Å². The molecule has 31 heavy (non-hydrogen) atoms. The van der Waals surface area contributed by atoms with Gasteiger partial charge < -0.3 is 10.1 Å². The van der Waals surface area contributed by atoms with E-state index in [9.17, 15) is 13.6 Å². The molecule has 0 radical (unpaired) electrons. The number of halogens is 2. The third-order valence-electron chi connectivity index (χ3n) is 4.71. The lowest BCUT2D eigenvalue weighted by Gasteiger charge is -2.07. The van der Waals surface area contributed by atoms with Crippen LogP contribution in [-0.2, 0) is 6.54 Å². The van der Waals surface area contributed by atoms with Crippen LogP contribution in [0.2, 0.25) is 0 Å². The fourth-order valence-corrected chi connectivity index (χ4v) is 3.19. The number of benzene rings is 3. The number of carbonyl (C=O) groups is 1. The molecule has 0 aliphatic rings. The van der Waals surface area contributed by atoms with E-state index in [1.807, 2.05) is 36.4 Å². The van der Waals surface area contributed by atoms with Gasteiger partial charge >= 0.3 is 0 Å². The molecule has 1 amide bonds. The molecule has 1 heterocycles. The first-order valence-corrected chi connectivity index (χ1v) is 9.55. The number of rotatable bonds is 6. The lowest BCUT2D eigenvalue weighted by molar-refractivity contribution is 0.102. The zero-order valence-corrected chi connectivity index (χ0v) is 16.7. The van der Waals surface area contributed by atoms with Gasteiger partial charge in [0, 0.05) is 23.5 Å². The highest BCUT2D eigenvalue weighted by Gasteiger charge is 2.19. The van der Waals surface area contributed by atoms with Gasteiger partial charge in [-0.15, -0.1) is 0 Å². The van der Waals surface area contributed by atoms with Crippen LogP contribution in [0.3, 0.4) is 0 Å². The van der Waals surface area contributed by atoms with E-state index in [2.05, 4.69) is 10.4 Å². The third kappa shape index (κ3) is 4.61. The van der Waals surface area contributed by atoms with Crippen LogP contribution in [0.25, 0.3) is 11.3 Å². The maximum Gasteiger partial charge on any atom is 0.259 e. The van der Waals surface area contributed by atoms with Crippen LogP contribution in [0.1, 0.15) is 15.9 Å². The van der Waals surface area contributed by atoms with Gasteiger partial charge in [0.1, 0.15) is 11.4 Å². The highest BCUT2D eigenvalue weighted by molar-refractivity contribution is 6.08. The number of hydrogen-bond acceptors (Lipinski definition) is 3. The summed E-state index contributed by atoms with van der Waals surface area (Å²) < 4.78 is 33.7. The molecule has 0 saturated heterocycles. The first kappa shape index (κ1) is 20.3. The van der Waals surface area contributed by atoms with Crippen LogP contribution in [0, 0.1) is 11.6 Å². The fraction of sp³-hybridized carbons (Fsp3) is 0.0833. The van der Waals surface area contributed by atoms with Gasteiger partial charge in [-0.1, -0.05) is 42.5 Å². The molecule has 1 aromatic heterocycles. The van der Waals surface area contributed by atoms with Gasteiger partial charge in [0.05, 0.1) is 19.2 Å². The van der Waals surface area contributed by atoms with Crippen molar-refractivity contribution < 1.29 is 18.3 Å². The van der Waals surface area contributed by atoms with E-state index in [1.54, 1.807) is 36.2 Å². The Morgan fingerprint density at radius 3 is 2.55 bits per heavy atom. The second kappa shape index (κ2) is 8.79. The van der Waals surface area contributed by atoms with Crippen LogP contribution in [0.15, 0.2) is 79.0 Å². The normalized spacial score (nSPS) is 10.7. The van der Waals surface area contributed by atoms with Crippen molar-refractivity contribution in [3.63, 3.8) is 0 Å². The van der Waals surface area contributed by atoms with Crippen LogP contribution < -0.4 is 10.1 Å². The first-order chi connectivity index (χ1) is 15.0. The summed E-state index contributed by atoms with van der Waals surface area (Å²) in [4.78, 5) is 13.0. The maximum absolute atomic E-state index is 13.5. The molecule has 0 bridgehead atoms. The standard InChI is InChI=1S/C24H19F2N3O2/c1-31-19-9-5-8-17(12-19)23-20(15-29(28-23)14-16-6-3-2-4-7-16)24(30)27-18-10-11-21(25)22(26)13-18/h2-13,15H,14H2,1H3,(H,27,30). The molecule has 7 heteroatoms. The van der Waals surface area contributed by atoms with Crippen molar-refractivity contribution in [3.05, 3.63) is 102 Å². The van der Waals surface area contributed by atoms with E-state index in [4.69, 9.17) is 4.74 Å². The summed E-state index contributed by atoms with van der Waals surface area (Å²) in [6.07, 6.45) is 1.64. The Morgan fingerprint density at radius 2 is 1.81 bits per heavy atom. The average Bonchev–Trinajstić information content (AvgIpc) is 3.21. The maximum atomic E-state index is 13.5. The number of anilines is 1. The summed E-state index contributed by atoms with van der Waals surface area (Å²) in [5.74, 6) is -1.87. The van der Waals surface area contributed by atoms with Crippen molar-refractivity contribution in [2.45, 2.75) is 6.54 Å². The van der Waals surface area contributed by atoms with E-state index in [0.29, 0.717) is 29.1 Å². The van der Waals surface area contributed by atoms with Gasteiger partial charge in [-0.25, -0.2) is 8.78 Å². The van der Waals surface area contributed by atoms with Crippen LogP contribution in [-0.4, -0.2) is 22.8 Å². The Balaban J connectivity index is 1.71. The first-order valence-electron chi connectivity index (χ1n) is 9.55. The van der Waals surface area contributed by atoms with Gasteiger partial charge in [0.15, 0.2) is 11.6 Å². The molecular weight excluding hydrogens is 400 g/mol. The third-order valence-corrected chi connectivity index (χ3v) is 4.71. The zero-order chi connectivity index (χ0) is 21.8. The highest BCUT2D eigenvalue weighted by Crippen LogP contribution is 2.27. The predicted octanol–water partition coefficient (Wildman–Crippen LogP) is 5.14. The van der Waals surface area contributed by atoms with Gasteiger partial charge in [-0.3, -0.25) is 9.48 Å². The van der Waals surface area contributed by atoms with Crippen molar-refractivity contribution in [2.24, 2.45) is 0 Å². The van der Waals surface area contributed by atoms with Gasteiger partial charge in [0.25, 0.3) is 5.91 Å². The number of nitrogens with one attached hydrogen (secondary N) is 1. The summed E-state index contributed by atoms with van der Waals surface area (Å²) in [6.45, 7) is 0.469. The predicted molar refractivity (Wildman–Crippen MR) is 114 cm³/mol. The molecule has 0 aliphatic carbocycles. The number of ether oxygens (including phenoxy) is 1. The second-order valence-corrected chi connectivity index (χ2v) is 6.89. The molecule has 4 aromatic rings. The molecule has 0 unspecified atom stereocenters. The summed E-state index contributed by atoms with van der Waals surface area (Å²) >= 11 is 0. The summed E-state index contributed by atoms with van der Waals surface area (Å²) in [7, 11) is 1.56. The Bertz CT molecular complexity index is 1220. The summed E-state index contributed by atoms with van der Waals surface area (Å²) in [5, 5.41) is 7.22. The Hall–Kier alpha value is -4.00. The minimum atomic E-state index is -1.04. The van der Waals surface area contributed by atoms with Crippen LogP contribution in [0.5, 0.6) is 5.75 Å². The molecule has 5 nitrogen and oxygen atoms in total. The van der Waals surface area contributed by atoms with Gasteiger partial charge in [-0.2, -0.15) is 5.10 Å². The van der Waals surface area contributed by atoms with Gasteiger partial charge in [0.2, 0.25) is 0 Å². The minimum absolute atomic E-state index is 0.149. The van der Waals surface area contributed by atoms with Crippen molar-refractivity contribution in [1.29, 1.82) is 0 Å². The van der Waals surface area contributed by atoms with Crippen LogP contribution >= 0.6 is 0 Å². The van der Waals surface area contributed by atoms with Gasteiger partial charge in [-0.05, 0) is 29.8 Å². The van der Waals surface area contributed by atoms with E-state index in [1.165, 1.54) is 6.07 Å². The molecule has 3 aromatic carbocycles. The zero-order valence-electron chi connectivity index (χ0n) is 16.7. The number of carbonyl (C=O) groups excluding carboxylic acids is 1. The van der Waals surface area contributed by atoms with Crippen molar-refractivity contribution in [1.82, 2.24) is 9.78 Å². The molecule has 156 valence electrons. The Labute approximate surface area is 177 Å². The van der Waals surface area contributed by atoms with E-state index in [-0.39, 0.29) is 5.69 Å². The number of methoxy groups -OCH3 is 1. The topological polar surface area (TPSA) is 56.2 Å². The number of amides is 1. The molecule has 1 N–H and O–H groups in total. The number of hydrogen-bond donors (Lipinski definition) is 1. The summed E-state index contributed by atoms with van der Waals surface area (Å²) in [6, 6.07) is 20.1. The van der Waals surface area contributed by atoms with E-state index in [0.717, 1.165) is 17.7 Å². The smallest absolute Gasteiger partial charge is 0.259 e. The fourth-order valence-electron chi connectivity index (χ4n) is 3.19. The molecule has 0 aliphatic heterocycles. The molecule has 0 atom stereocenters. The number of aromatic nitrogens is 2. The molecular formula is C24H19F2N3O2. The Kier molecular flexibility index (Phi) is 5.75. The molecule has 4 rings (SSSR count). The van der Waals surface area contributed by atoms with Crippen molar-refractivity contribution in [3.8, 4) is 17.0 Å². The van der Waals surface area contributed by atoms with Crippen molar-refractivity contribution in [2.75, 3.05) is 12.4 Å². The average molecular weight is 419 g/mol. The SMILES string of the molecule is COc1cccc(-c2nn(Cc3ccccc3)cc2C(=O)Nc2ccc(F)c(F)c2)c1. The molecule has 0 saturated carbocycles. The second-order valence-electron chi connectivity index (χ2n) is 6.89. The number of nitrogens with zero attached hydrogens (tertiary/aromatic N) is 2. The Morgan fingerprint density at radius 1 is 1.00 bits per heavy atom. The molecule has 0 spiro atoms. The monoisotopic (exact) mass is 419 g/mol. The highest BCUT2D eigenvalue weighted by atomic mass is 19.2. The summed E-state index contributed by atoms with van der Waals surface area (Å²) in [5.41, 5.74) is 2.62. The van der Waals surface area contributed by atoms with Crippen molar-refractivity contribution >= 4 is 11.6 Å². The molecule has 0 fully saturated rings. The quantitative estimate of drug-likeness (QED) is 0.471. The minimum Gasteiger partial charge on any atom is -0.497 e. The largest absolute Gasteiger partial charge is 0.497 e. The lowest BCUT2D eigenvalue weighted by atomic mass is 10.1. The van der Waals surface area contributed by atoms with E-state index >= 15 is 0 Å². The van der Waals surface area contributed by atoms with Crippen LogP contribution in [0.4, 0.5) is 14.5 Å². The lowest BCUT2D eigenvalue weighted by Crippen LogP contribution is -2.12.